The highest BCUT2D eigenvalue weighted by atomic mass is 16.3. The van der Waals surface area contributed by atoms with Gasteiger partial charge in [-0.1, -0.05) is 65.3 Å². The van der Waals surface area contributed by atoms with Gasteiger partial charge in [0.1, 0.15) is 5.75 Å². The van der Waals surface area contributed by atoms with Gasteiger partial charge in [-0.25, -0.2) is 0 Å². The maximum Gasteiger partial charge on any atom is 0.119 e. The summed E-state index contributed by atoms with van der Waals surface area (Å²) < 4.78 is 0. The van der Waals surface area contributed by atoms with Crippen LogP contribution in [0.15, 0.2) is 35.4 Å². The SMILES string of the molecule is CC1=CC=C(C(C)(C)C)C(O)(CCCCc2cc(C(C)(C)C)c(O)cc2C)C1. The molecule has 1 aromatic rings. The highest BCUT2D eigenvalue weighted by Crippen LogP contribution is 2.43. The number of rotatable bonds is 5. The fourth-order valence-electron chi connectivity index (χ4n) is 4.51. The van der Waals surface area contributed by atoms with Crippen molar-refractivity contribution in [3.05, 3.63) is 52.1 Å². The number of hydrogen-bond donors (Lipinski definition) is 2. The lowest BCUT2D eigenvalue weighted by Crippen LogP contribution is -2.38. The average molecular weight is 385 g/mol. The first-order valence-electron chi connectivity index (χ1n) is 10.7. The van der Waals surface area contributed by atoms with Crippen molar-refractivity contribution >= 4 is 0 Å². The second kappa shape index (κ2) is 8.06. The van der Waals surface area contributed by atoms with Crippen LogP contribution in [-0.2, 0) is 11.8 Å². The Hall–Kier alpha value is -1.54. The fourth-order valence-corrected chi connectivity index (χ4v) is 4.51. The third kappa shape index (κ3) is 5.29. The highest BCUT2D eigenvalue weighted by Gasteiger charge is 2.38. The van der Waals surface area contributed by atoms with Gasteiger partial charge in [0, 0.05) is 6.42 Å². The number of phenolic OH excluding ortho intramolecular Hbond substituents is 1. The largest absolute Gasteiger partial charge is 0.508 e. The number of phenols is 1. The van der Waals surface area contributed by atoms with Crippen molar-refractivity contribution in [3.8, 4) is 5.75 Å². The molecule has 2 nitrogen and oxygen atoms in total. The molecule has 28 heavy (non-hydrogen) atoms. The smallest absolute Gasteiger partial charge is 0.119 e. The van der Waals surface area contributed by atoms with Gasteiger partial charge in [-0.05, 0) is 78.7 Å². The van der Waals surface area contributed by atoms with Crippen LogP contribution in [0.1, 0.15) is 90.8 Å². The van der Waals surface area contributed by atoms with Crippen LogP contribution in [0.3, 0.4) is 0 Å². The molecule has 0 aliphatic heterocycles. The third-order valence-electron chi connectivity index (χ3n) is 5.96. The van der Waals surface area contributed by atoms with E-state index in [1.807, 2.05) is 6.07 Å². The first-order valence-corrected chi connectivity index (χ1v) is 10.7. The van der Waals surface area contributed by atoms with Crippen molar-refractivity contribution in [3.63, 3.8) is 0 Å². The Labute approximate surface area is 172 Å². The Balaban J connectivity index is 2.06. The molecule has 1 unspecified atom stereocenters. The van der Waals surface area contributed by atoms with Crippen LogP contribution in [0, 0.1) is 12.3 Å². The van der Waals surface area contributed by atoms with Crippen LogP contribution in [-0.4, -0.2) is 15.8 Å². The monoisotopic (exact) mass is 384 g/mol. The average Bonchev–Trinajstić information content (AvgIpc) is 2.50. The maximum absolute atomic E-state index is 11.4. The zero-order valence-electron chi connectivity index (χ0n) is 19.2. The van der Waals surface area contributed by atoms with E-state index in [0.29, 0.717) is 5.75 Å². The molecular weight excluding hydrogens is 344 g/mol. The molecule has 1 atom stereocenters. The quantitative estimate of drug-likeness (QED) is 0.550. The molecule has 2 rings (SSSR count). The normalized spacial score (nSPS) is 20.8. The minimum Gasteiger partial charge on any atom is -0.508 e. The summed E-state index contributed by atoms with van der Waals surface area (Å²) in [5.74, 6) is 0.396. The van der Waals surface area contributed by atoms with Gasteiger partial charge < -0.3 is 10.2 Å². The maximum atomic E-state index is 11.4. The van der Waals surface area contributed by atoms with Gasteiger partial charge in [-0.3, -0.25) is 0 Å². The van der Waals surface area contributed by atoms with Gasteiger partial charge in [0.05, 0.1) is 5.60 Å². The molecule has 0 radical (unpaired) electrons. The lowest BCUT2D eigenvalue weighted by Gasteiger charge is -2.40. The van der Waals surface area contributed by atoms with Crippen LogP contribution in [0.4, 0.5) is 0 Å². The fraction of sp³-hybridized carbons (Fsp3) is 0.615. The predicted octanol–water partition coefficient (Wildman–Crippen LogP) is 6.76. The lowest BCUT2D eigenvalue weighted by atomic mass is 9.69. The number of aryl methyl sites for hydroxylation is 2. The van der Waals surface area contributed by atoms with E-state index in [1.165, 1.54) is 11.1 Å². The Morgan fingerprint density at radius 2 is 1.57 bits per heavy atom. The molecule has 0 fully saturated rings. The number of unbranched alkanes of at least 4 members (excludes halogenated alkanes) is 1. The highest BCUT2D eigenvalue weighted by molar-refractivity contribution is 5.45. The summed E-state index contributed by atoms with van der Waals surface area (Å²) >= 11 is 0. The van der Waals surface area contributed by atoms with Gasteiger partial charge in [-0.2, -0.15) is 0 Å². The Bertz CT molecular complexity index is 769. The molecule has 1 aliphatic carbocycles. The van der Waals surface area contributed by atoms with Gasteiger partial charge in [0.15, 0.2) is 0 Å². The molecule has 1 aliphatic rings. The first-order chi connectivity index (χ1) is 12.7. The predicted molar refractivity (Wildman–Crippen MR) is 120 cm³/mol. The second-order valence-electron chi connectivity index (χ2n) is 10.8. The number of aliphatic hydroxyl groups is 1. The van der Waals surface area contributed by atoms with Crippen LogP contribution in [0.5, 0.6) is 5.75 Å². The molecular formula is C26H40O2. The van der Waals surface area contributed by atoms with Gasteiger partial charge in [0.25, 0.3) is 0 Å². The first kappa shape index (κ1) is 22.7. The molecule has 0 spiro atoms. The number of aromatic hydroxyl groups is 1. The number of benzene rings is 1. The van der Waals surface area contributed by atoms with Crippen molar-refractivity contribution in [1.82, 2.24) is 0 Å². The van der Waals surface area contributed by atoms with Gasteiger partial charge in [0.2, 0.25) is 0 Å². The molecule has 1 aromatic carbocycles. The van der Waals surface area contributed by atoms with E-state index in [-0.39, 0.29) is 10.8 Å². The van der Waals surface area contributed by atoms with Crippen LogP contribution < -0.4 is 0 Å². The summed E-state index contributed by atoms with van der Waals surface area (Å²) in [6.45, 7) is 17.1. The zero-order valence-corrected chi connectivity index (χ0v) is 19.2. The van der Waals surface area contributed by atoms with Gasteiger partial charge >= 0.3 is 0 Å². The topological polar surface area (TPSA) is 40.5 Å². The standard InChI is InChI=1S/C26H40O2/c1-18-12-13-23(25(6,7)8)26(28,17-18)14-10-9-11-20-16-21(24(3,4)5)22(27)15-19(20)2/h12-13,15-16,27-28H,9-11,14,17H2,1-8H3. The third-order valence-corrected chi connectivity index (χ3v) is 5.96. The van der Waals surface area contributed by atoms with Crippen molar-refractivity contribution < 1.29 is 10.2 Å². The van der Waals surface area contributed by atoms with E-state index >= 15 is 0 Å². The van der Waals surface area contributed by atoms with Crippen molar-refractivity contribution in [2.45, 2.75) is 98.5 Å². The molecule has 2 heteroatoms. The zero-order chi connectivity index (χ0) is 21.3. The molecule has 0 saturated carbocycles. The number of hydrogen-bond acceptors (Lipinski definition) is 2. The van der Waals surface area contributed by atoms with Crippen LogP contribution >= 0.6 is 0 Å². The summed E-state index contributed by atoms with van der Waals surface area (Å²) in [4.78, 5) is 0. The van der Waals surface area contributed by atoms with E-state index in [2.05, 4.69) is 73.6 Å². The molecule has 156 valence electrons. The van der Waals surface area contributed by atoms with E-state index in [1.54, 1.807) is 0 Å². The lowest BCUT2D eigenvalue weighted by molar-refractivity contribution is 0.0468. The van der Waals surface area contributed by atoms with E-state index in [0.717, 1.165) is 48.8 Å². The van der Waals surface area contributed by atoms with Crippen molar-refractivity contribution in [2.24, 2.45) is 5.41 Å². The second-order valence-corrected chi connectivity index (χ2v) is 10.8. The van der Waals surface area contributed by atoms with Crippen LogP contribution in [0.2, 0.25) is 0 Å². The summed E-state index contributed by atoms with van der Waals surface area (Å²) in [6.07, 6.45) is 8.84. The Morgan fingerprint density at radius 3 is 2.14 bits per heavy atom. The van der Waals surface area contributed by atoms with Gasteiger partial charge in [-0.15, -0.1) is 0 Å². The molecule has 0 saturated heterocycles. The van der Waals surface area contributed by atoms with Crippen molar-refractivity contribution in [2.75, 3.05) is 0 Å². The number of allylic oxidation sites excluding steroid dienone is 2. The molecule has 2 N–H and O–H groups in total. The molecule has 0 heterocycles. The minimum atomic E-state index is -0.725. The Kier molecular flexibility index (Phi) is 6.55. The minimum absolute atomic E-state index is 0.0267. The summed E-state index contributed by atoms with van der Waals surface area (Å²) in [5, 5.41) is 21.7. The molecule has 0 bridgehead atoms. The van der Waals surface area contributed by atoms with Crippen molar-refractivity contribution in [1.29, 1.82) is 0 Å². The van der Waals surface area contributed by atoms with Crippen LogP contribution in [0.25, 0.3) is 0 Å². The molecule has 0 amide bonds. The Morgan fingerprint density at radius 1 is 0.929 bits per heavy atom. The summed E-state index contributed by atoms with van der Waals surface area (Å²) in [6, 6.07) is 4.08. The summed E-state index contributed by atoms with van der Waals surface area (Å²) in [5.41, 5.74) is 5.05. The van der Waals surface area contributed by atoms with E-state index < -0.39 is 5.60 Å². The summed E-state index contributed by atoms with van der Waals surface area (Å²) in [7, 11) is 0. The van der Waals surface area contributed by atoms with E-state index in [4.69, 9.17) is 0 Å². The molecule has 0 aromatic heterocycles. The van der Waals surface area contributed by atoms with E-state index in [9.17, 15) is 10.2 Å².